The van der Waals surface area contributed by atoms with E-state index in [1.807, 2.05) is 12.3 Å². The first-order chi connectivity index (χ1) is 8.59. The van der Waals surface area contributed by atoms with Gasteiger partial charge in [-0.25, -0.2) is 0 Å². The van der Waals surface area contributed by atoms with Gasteiger partial charge in [-0.3, -0.25) is 9.97 Å². The number of benzene rings is 1. The second-order valence-corrected chi connectivity index (χ2v) is 4.93. The molecule has 1 aromatic carbocycles. The van der Waals surface area contributed by atoms with E-state index in [0.717, 1.165) is 22.1 Å². The maximum absolute atomic E-state index is 4.78. The second-order valence-electron chi connectivity index (χ2n) is 4.93. The van der Waals surface area contributed by atoms with Crippen LogP contribution in [-0.2, 0) is 20.4 Å². The normalized spacial score (nSPS) is 10.7. The molecule has 0 N–H and O–H groups in total. The third kappa shape index (κ3) is 2.08. The number of fused-ring (bicyclic) bond motifs is 3. The fourth-order valence-electron chi connectivity index (χ4n) is 2.63. The molecule has 0 spiro atoms. The van der Waals surface area contributed by atoms with E-state index in [2.05, 4.69) is 44.8 Å². The monoisotopic (exact) mass is 342 g/mol. The Morgan fingerprint density at radius 2 is 1.74 bits per heavy atom. The van der Waals surface area contributed by atoms with Gasteiger partial charge in [0.25, 0.3) is 0 Å². The third-order valence-corrected chi connectivity index (χ3v) is 3.84. The molecule has 0 saturated carbocycles. The summed E-state index contributed by atoms with van der Waals surface area (Å²) in [5.74, 6) is 0. The van der Waals surface area contributed by atoms with Crippen LogP contribution >= 0.6 is 0 Å². The molecule has 3 rings (SSSR count). The summed E-state index contributed by atoms with van der Waals surface area (Å²) in [6.45, 7) is 8.54. The van der Waals surface area contributed by atoms with Crippen LogP contribution in [0, 0.1) is 27.7 Å². The number of nitrogens with zero attached hydrogens (tertiary/aromatic N) is 2. The molecule has 3 heteroatoms. The Morgan fingerprint density at radius 1 is 1.00 bits per heavy atom. The average Bonchev–Trinajstić information content (AvgIpc) is 2.35. The number of hydrogen-bond donors (Lipinski definition) is 0. The quantitative estimate of drug-likeness (QED) is 0.455. The van der Waals surface area contributed by atoms with Crippen LogP contribution in [0.1, 0.15) is 22.4 Å². The van der Waals surface area contributed by atoms with Gasteiger partial charge in [-0.15, -0.1) is 0 Å². The molecule has 2 heterocycles. The topological polar surface area (TPSA) is 25.8 Å². The number of rotatable bonds is 0. The Kier molecular flexibility index (Phi) is 3.71. The van der Waals surface area contributed by atoms with Gasteiger partial charge in [-0.1, -0.05) is 0 Å². The van der Waals surface area contributed by atoms with Crippen LogP contribution in [0.3, 0.4) is 0 Å². The van der Waals surface area contributed by atoms with Crippen molar-refractivity contribution < 1.29 is 20.4 Å². The number of hydrogen-bond acceptors (Lipinski definition) is 2. The zero-order valence-electron chi connectivity index (χ0n) is 11.5. The van der Waals surface area contributed by atoms with E-state index in [-0.39, 0.29) is 20.4 Å². The van der Waals surface area contributed by atoms with Crippen molar-refractivity contribution in [2.24, 2.45) is 0 Å². The van der Waals surface area contributed by atoms with Crippen molar-refractivity contribution in [1.29, 1.82) is 0 Å². The van der Waals surface area contributed by atoms with Gasteiger partial charge in [0, 0.05) is 43.1 Å². The zero-order valence-corrected chi connectivity index (χ0v) is 13.1. The van der Waals surface area contributed by atoms with Crippen molar-refractivity contribution in [2.45, 2.75) is 27.7 Å². The summed E-state index contributed by atoms with van der Waals surface area (Å²) in [6.07, 6.45) is 1.83. The fraction of sp³-hybridized carbons (Fsp3) is 0.250. The summed E-state index contributed by atoms with van der Waals surface area (Å²) in [4.78, 5) is 9.22. The minimum atomic E-state index is 0. The van der Waals surface area contributed by atoms with Crippen molar-refractivity contribution in [3.63, 3.8) is 0 Å². The number of aromatic nitrogens is 2. The van der Waals surface area contributed by atoms with Crippen LogP contribution in [0.5, 0.6) is 0 Å². The van der Waals surface area contributed by atoms with Gasteiger partial charge in [0.2, 0.25) is 0 Å². The molecule has 0 atom stereocenters. The molecule has 0 fully saturated rings. The molecule has 0 unspecified atom stereocenters. The smallest absolute Gasteiger partial charge is 0.0804 e. The predicted molar refractivity (Wildman–Crippen MR) is 76.0 cm³/mol. The van der Waals surface area contributed by atoms with E-state index in [4.69, 9.17) is 4.98 Å². The van der Waals surface area contributed by atoms with E-state index in [1.54, 1.807) is 0 Å². The van der Waals surface area contributed by atoms with Crippen LogP contribution in [0.25, 0.3) is 21.8 Å². The second kappa shape index (κ2) is 5.00. The molecule has 2 aromatic heterocycles. The number of pyridine rings is 2. The molecular formula is C16H16N2Pd. The first kappa shape index (κ1) is 14.1. The van der Waals surface area contributed by atoms with Gasteiger partial charge in [0.15, 0.2) is 0 Å². The predicted octanol–water partition coefficient (Wildman–Crippen LogP) is 4.01. The first-order valence-corrected chi connectivity index (χ1v) is 6.21. The van der Waals surface area contributed by atoms with Gasteiger partial charge in [0.1, 0.15) is 0 Å². The van der Waals surface area contributed by atoms with Gasteiger partial charge in [-0.2, -0.15) is 0 Å². The Bertz CT molecular complexity index is 779. The molecule has 0 aliphatic carbocycles. The molecule has 19 heavy (non-hydrogen) atoms. The summed E-state index contributed by atoms with van der Waals surface area (Å²) in [5, 5.41) is 2.42. The van der Waals surface area contributed by atoms with E-state index in [1.165, 1.54) is 22.1 Å². The Hall–Kier alpha value is -1.30. The van der Waals surface area contributed by atoms with Gasteiger partial charge < -0.3 is 0 Å². The minimum Gasteiger partial charge on any atom is -0.256 e. The van der Waals surface area contributed by atoms with Crippen LogP contribution in [0.4, 0.5) is 0 Å². The zero-order chi connectivity index (χ0) is 12.9. The van der Waals surface area contributed by atoms with Crippen molar-refractivity contribution in [2.75, 3.05) is 0 Å². The third-order valence-electron chi connectivity index (χ3n) is 3.84. The Balaban J connectivity index is 0.00000133. The van der Waals surface area contributed by atoms with Crippen molar-refractivity contribution in [3.05, 3.63) is 46.8 Å². The summed E-state index contributed by atoms with van der Waals surface area (Å²) >= 11 is 0. The maximum atomic E-state index is 4.78. The summed E-state index contributed by atoms with van der Waals surface area (Å²) in [7, 11) is 0. The molecule has 0 aliphatic heterocycles. The van der Waals surface area contributed by atoms with Crippen LogP contribution in [-0.4, -0.2) is 9.97 Å². The fourth-order valence-corrected chi connectivity index (χ4v) is 2.63. The summed E-state index contributed by atoms with van der Waals surface area (Å²) in [6, 6.07) is 6.23. The number of aryl methyl sites for hydroxylation is 3. The molecule has 2 nitrogen and oxygen atoms in total. The van der Waals surface area contributed by atoms with Crippen LogP contribution < -0.4 is 0 Å². The van der Waals surface area contributed by atoms with E-state index < -0.39 is 0 Å². The van der Waals surface area contributed by atoms with E-state index in [0.29, 0.717) is 0 Å². The average molecular weight is 343 g/mol. The minimum absolute atomic E-state index is 0. The first-order valence-electron chi connectivity index (χ1n) is 6.21. The molecule has 0 amide bonds. The molecule has 3 aromatic rings. The maximum Gasteiger partial charge on any atom is 0.0804 e. The largest absolute Gasteiger partial charge is 0.256 e. The van der Waals surface area contributed by atoms with Crippen molar-refractivity contribution >= 4 is 21.8 Å². The molecule has 100 valence electrons. The van der Waals surface area contributed by atoms with Gasteiger partial charge in [-0.05, 0) is 62.6 Å². The van der Waals surface area contributed by atoms with E-state index in [9.17, 15) is 0 Å². The SMILES string of the molecule is Cc1nc2c(c(C)cc3ncccc32)c(C)c1C.[Pd]. The molecule has 0 radical (unpaired) electrons. The summed E-state index contributed by atoms with van der Waals surface area (Å²) in [5.41, 5.74) is 7.09. The molecule has 0 aliphatic rings. The van der Waals surface area contributed by atoms with E-state index >= 15 is 0 Å². The Labute approximate surface area is 126 Å². The van der Waals surface area contributed by atoms with Crippen LogP contribution in [0.15, 0.2) is 24.4 Å². The van der Waals surface area contributed by atoms with Crippen molar-refractivity contribution in [1.82, 2.24) is 9.97 Å². The van der Waals surface area contributed by atoms with Crippen molar-refractivity contribution in [3.8, 4) is 0 Å². The summed E-state index contributed by atoms with van der Waals surface area (Å²) < 4.78 is 0. The Morgan fingerprint density at radius 3 is 2.47 bits per heavy atom. The van der Waals surface area contributed by atoms with Crippen LogP contribution in [0.2, 0.25) is 0 Å². The molecular weight excluding hydrogens is 327 g/mol. The van der Waals surface area contributed by atoms with Gasteiger partial charge in [0.05, 0.1) is 11.0 Å². The molecule has 0 saturated heterocycles. The molecule has 0 bridgehead atoms. The standard InChI is InChI=1S/C16H16N2.Pd/c1-9-8-14-13(6-5-7-17-14)16-15(9)11(3)10(2)12(4)18-16;/h5-8H,1-4H3;. The van der Waals surface area contributed by atoms with Gasteiger partial charge >= 0.3 is 0 Å².